The van der Waals surface area contributed by atoms with Crippen LogP contribution in [0, 0.1) is 0 Å². The summed E-state index contributed by atoms with van der Waals surface area (Å²) < 4.78 is 0. The first-order chi connectivity index (χ1) is 8.43. The minimum absolute atomic E-state index is 0.617. The van der Waals surface area contributed by atoms with Crippen molar-refractivity contribution in [2.75, 3.05) is 13.1 Å². The highest BCUT2D eigenvalue weighted by molar-refractivity contribution is 7.10. The van der Waals surface area contributed by atoms with Crippen molar-refractivity contribution in [1.82, 2.24) is 20.5 Å². The third kappa shape index (κ3) is 2.35. The zero-order valence-electron chi connectivity index (χ0n) is 9.47. The molecule has 88 valence electrons. The highest BCUT2D eigenvalue weighted by atomic mass is 32.1. The van der Waals surface area contributed by atoms with Gasteiger partial charge in [0.25, 0.3) is 0 Å². The van der Waals surface area contributed by atoms with E-state index in [0.29, 0.717) is 5.92 Å². The number of rotatable bonds is 2. The summed E-state index contributed by atoms with van der Waals surface area (Å²) in [5, 5.41) is 14.7. The molecule has 1 N–H and O–H groups in total. The Labute approximate surface area is 104 Å². The summed E-state index contributed by atoms with van der Waals surface area (Å²) >= 11 is 1.74. The van der Waals surface area contributed by atoms with Crippen LogP contribution in [0.25, 0.3) is 11.4 Å². The van der Waals surface area contributed by atoms with Gasteiger partial charge in [-0.05, 0) is 38.1 Å². The maximum absolute atomic E-state index is 4.69. The molecule has 0 unspecified atom stereocenters. The summed E-state index contributed by atoms with van der Waals surface area (Å²) in [6, 6.07) is 3.85. The maximum atomic E-state index is 4.69. The number of hydrogen-bond acceptors (Lipinski definition) is 5. The van der Waals surface area contributed by atoms with Crippen molar-refractivity contribution < 1.29 is 0 Å². The van der Waals surface area contributed by atoms with Crippen LogP contribution in [0.5, 0.6) is 0 Å². The molecule has 0 aliphatic carbocycles. The molecule has 2 aromatic heterocycles. The molecule has 1 saturated heterocycles. The molecule has 0 bridgehead atoms. The Balaban J connectivity index is 1.83. The molecule has 17 heavy (non-hydrogen) atoms. The van der Waals surface area contributed by atoms with E-state index in [0.717, 1.165) is 24.5 Å². The van der Waals surface area contributed by atoms with Crippen LogP contribution in [0.15, 0.2) is 23.7 Å². The zero-order chi connectivity index (χ0) is 11.5. The second kappa shape index (κ2) is 4.89. The predicted octanol–water partition coefficient (Wildman–Crippen LogP) is 2.07. The van der Waals surface area contributed by atoms with Gasteiger partial charge in [-0.15, -0.1) is 16.4 Å². The molecule has 5 heteroatoms. The molecule has 1 fully saturated rings. The maximum Gasteiger partial charge on any atom is 0.112 e. The predicted molar refractivity (Wildman–Crippen MR) is 68.0 cm³/mol. The summed E-state index contributed by atoms with van der Waals surface area (Å²) in [5.74, 6) is 0.617. The van der Waals surface area contributed by atoms with Crippen molar-refractivity contribution in [2.45, 2.75) is 18.8 Å². The van der Waals surface area contributed by atoms with E-state index in [1.165, 1.54) is 17.8 Å². The summed E-state index contributed by atoms with van der Waals surface area (Å²) in [6.07, 6.45) is 4.06. The van der Waals surface area contributed by atoms with E-state index in [2.05, 4.69) is 20.9 Å². The average Bonchev–Trinajstić information content (AvgIpc) is 2.90. The molecular formula is C12H14N4S. The van der Waals surface area contributed by atoms with Gasteiger partial charge in [0.15, 0.2) is 0 Å². The molecule has 1 aliphatic rings. The Hall–Kier alpha value is -1.33. The lowest BCUT2D eigenvalue weighted by Crippen LogP contribution is -2.26. The van der Waals surface area contributed by atoms with Crippen molar-refractivity contribution >= 4 is 11.3 Å². The molecule has 0 amide bonds. The number of piperidine rings is 1. The fraction of sp³-hybridized carbons (Fsp3) is 0.417. The second-order valence-corrected chi connectivity index (χ2v) is 5.09. The number of nitrogens with zero attached hydrogens (tertiary/aromatic N) is 3. The van der Waals surface area contributed by atoms with Gasteiger partial charge < -0.3 is 5.32 Å². The molecule has 0 aromatic carbocycles. The molecule has 2 aromatic rings. The largest absolute Gasteiger partial charge is 0.317 e. The smallest absolute Gasteiger partial charge is 0.112 e. The summed E-state index contributed by atoms with van der Waals surface area (Å²) in [6.45, 7) is 2.20. The Morgan fingerprint density at radius 1 is 1.24 bits per heavy atom. The van der Waals surface area contributed by atoms with E-state index in [-0.39, 0.29) is 0 Å². The molecule has 1 aliphatic heterocycles. The fourth-order valence-corrected chi connectivity index (χ4v) is 3.08. The third-order valence-electron chi connectivity index (χ3n) is 3.05. The fourth-order valence-electron chi connectivity index (χ4n) is 2.10. The van der Waals surface area contributed by atoms with Gasteiger partial charge in [-0.2, -0.15) is 5.10 Å². The van der Waals surface area contributed by atoms with Gasteiger partial charge in [-0.1, -0.05) is 0 Å². The quantitative estimate of drug-likeness (QED) is 0.881. The number of thiazole rings is 1. The van der Waals surface area contributed by atoms with Crippen molar-refractivity contribution in [3.63, 3.8) is 0 Å². The lowest BCUT2D eigenvalue weighted by Gasteiger charge is -2.20. The molecule has 0 spiro atoms. The van der Waals surface area contributed by atoms with Crippen molar-refractivity contribution in [2.24, 2.45) is 0 Å². The van der Waals surface area contributed by atoms with Gasteiger partial charge >= 0.3 is 0 Å². The molecule has 4 nitrogen and oxygen atoms in total. The van der Waals surface area contributed by atoms with E-state index in [1.807, 2.05) is 12.1 Å². The first-order valence-electron chi connectivity index (χ1n) is 5.88. The Morgan fingerprint density at radius 2 is 2.12 bits per heavy atom. The monoisotopic (exact) mass is 246 g/mol. The first kappa shape index (κ1) is 10.8. The minimum Gasteiger partial charge on any atom is -0.317 e. The van der Waals surface area contributed by atoms with E-state index in [4.69, 9.17) is 4.98 Å². The van der Waals surface area contributed by atoms with E-state index >= 15 is 0 Å². The number of nitrogens with one attached hydrogen (secondary N) is 1. The van der Waals surface area contributed by atoms with Crippen LogP contribution in [0.3, 0.4) is 0 Å². The van der Waals surface area contributed by atoms with Crippen LogP contribution in [0.4, 0.5) is 0 Å². The van der Waals surface area contributed by atoms with Gasteiger partial charge in [0, 0.05) is 17.5 Å². The van der Waals surface area contributed by atoms with Gasteiger partial charge in [-0.3, -0.25) is 0 Å². The van der Waals surface area contributed by atoms with Crippen LogP contribution in [0.1, 0.15) is 23.8 Å². The van der Waals surface area contributed by atoms with E-state index < -0.39 is 0 Å². The molecule has 3 rings (SSSR count). The lowest BCUT2D eigenvalue weighted by molar-refractivity contribution is 0.459. The van der Waals surface area contributed by atoms with Gasteiger partial charge in [-0.25, -0.2) is 4.98 Å². The SMILES string of the molecule is c1cnnc(-c2csc(C3CCNCC3)n2)c1. The first-order valence-corrected chi connectivity index (χ1v) is 6.75. The Kier molecular flexibility index (Phi) is 3.11. The third-order valence-corrected chi connectivity index (χ3v) is 4.05. The van der Waals surface area contributed by atoms with Crippen LogP contribution < -0.4 is 5.32 Å². The molecule has 0 saturated carbocycles. The minimum atomic E-state index is 0.617. The normalized spacial score (nSPS) is 17.2. The van der Waals surface area contributed by atoms with Gasteiger partial charge in [0.2, 0.25) is 0 Å². The molecule has 0 atom stereocenters. The Bertz CT molecular complexity index is 476. The average molecular weight is 246 g/mol. The summed E-state index contributed by atoms with van der Waals surface area (Å²) in [7, 11) is 0. The van der Waals surface area contributed by atoms with Crippen molar-refractivity contribution in [3.05, 3.63) is 28.7 Å². The molecule has 0 radical (unpaired) electrons. The van der Waals surface area contributed by atoms with Crippen molar-refractivity contribution in [1.29, 1.82) is 0 Å². The van der Waals surface area contributed by atoms with E-state index in [9.17, 15) is 0 Å². The highest BCUT2D eigenvalue weighted by Crippen LogP contribution is 2.30. The Morgan fingerprint density at radius 3 is 2.88 bits per heavy atom. The van der Waals surface area contributed by atoms with Crippen LogP contribution in [0.2, 0.25) is 0 Å². The van der Waals surface area contributed by atoms with Gasteiger partial charge in [0.05, 0.1) is 5.01 Å². The van der Waals surface area contributed by atoms with Crippen LogP contribution >= 0.6 is 11.3 Å². The lowest BCUT2D eigenvalue weighted by atomic mass is 9.99. The standard InChI is InChI=1S/C12H14N4S/c1-2-10(16-14-5-1)11-8-17-12(15-11)9-3-6-13-7-4-9/h1-2,5,8-9,13H,3-4,6-7H2. The van der Waals surface area contributed by atoms with Gasteiger partial charge in [0.1, 0.15) is 11.4 Å². The van der Waals surface area contributed by atoms with Crippen molar-refractivity contribution in [3.8, 4) is 11.4 Å². The number of hydrogen-bond donors (Lipinski definition) is 1. The molecule has 3 heterocycles. The second-order valence-electron chi connectivity index (χ2n) is 4.20. The highest BCUT2D eigenvalue weighted by Gasteiger charge is 2.18. The van der Waals surface area contributed by atoms with E-state index in [1.54, 1.807) is 17.5 Å². The zero-order valence-corrected chi connectivity index (χ0v) is 10.3. The number of aromatic nitrogens is 3. The summed E-state index contributed by atoms with van der Waals surface area (Å²) in [4.78, 5) is 4.69. The summed E-state index contributed by atoms with van der Waals surface area (Å²) in [5.41, 5.74) is 1.82. The molecular weight excluding hydrogens is 232 g/mol. The van der Waals surface area contributed by atoms with Crippen LogP contribution in [-0.4, -0.2) is 28.3 Å². The van der Waals surface area contributed by atoms with Crippen LogP contribution in [-0.2, 0) is 0 Å². The topological polar surface area (TPSA) is 50.7 Å².